The minimum absolute atomic E-state index is 0.320. The predicted octanol–water partition coefficient (Wildman–Crippen LogP) is 2.69. The van der Waals surface area contributed by atoms with Crippen molar-refractivity contribution in [3.63, 3.8) is 0 Å². The second kappa shape index (κ2) is 5.66. The molecule has 0 saturated heterocycles. The molecule has 0 spiro atoms. The topological polar surface area (TPSA) is 63.8 Å². The van der Waals surface area contributed by atoms with Crippen LogP contribution in [0.3, 0.4) is 0 Å². The average Bonchev–Trinajstić information content (AvgIpc) is 2.37. The lowest BCUT2D eigenvalue weighted by molar-refractivity contribution is 0.420. The van der Waals surface area contributed by atoms with Gasteiger partial charge in [0.15, 0.2) is 0 Å². The summed E-state index contributed by atoms with van der Waals surface area (Å²) in [5.41, 5.74) is 6.53. The number of rotatable bonds is 3. The molecule has 0 aromatic carbocycles. The van der Waals surface area contributed by atoms with Gasteiger partial charge in [-0.05, 0) is 24.8 Å². The molecule has 1 heterocycles. The monoisotopic (exact) mass is 232 g/mol. The molecule has 4 nitrogen and oxygen atoms in total. The first-order chi connectivity index (χ1) is 8.28. The molecule has 0 amide bonds. The van der Waals surface area contributed by atoms with Crippen molar-refractivity contribution in [1.82, 2.24) is 9.97 Å². The molecule has 1 aliphatic rings. The van der Waals surface area contributed by atoms with Gasteiger partial charge in [0.2, 0.25) is 5.95 Å². The molecule has 1 aromatic rings. The van der Waals surface area contributed by atoms with Gasteiger partial charge in [-0.25, -0.2) is 4.98 Å². The third kappa shape index (κ3) is 3.44. The molecule has 0 atom stereocenters. The van der Waals surface area contributed by atoms with Gasteiger partial charge >= 0.3 is 0 Å². The number of nitrogens with zero attached hydrogens (tertiary/aromatic N) is 2. The Morgan fingerprint density at radius 3 is 2.76 bits per heavy atom. The number of hydrogen-bond acceptors (Lipinski definition) is 4. The Labute approximate surface area is 102 Å². The molecule has 92 valence electrons. The van der Waals surface area contributed by atoms with Crippen molar-refractivity contribution in [2.75, 3.05) is 18.1 Å². The van der Waals surface area contributed by atoms with Crippen molar-refractivity contribution in [3.8, 4) is 0 Å². The Balaban J connectivity index is 2.06. The highest BCUT2D eigenvalue weighted by Crippen LogP contribution is 2.25. The highest BCUT2D eigenvalue weighted by atomic mass is 15.1. The molecule has 1 fully saturated rings. The second-order valence-electron chi connectivity index (χ2n) is 4.54. The van der Waals surface area contributed by atoms with Crippen LogP contribution < -0.4 is 11.1 Å². The molecular formula is C13H20N4. The normalized spacial score (nSPS) is 17.5. The first-order valence-corrected chi connectivity index (χ1v) is 6.28. The molecule has 0 unspecified atom stereocenters. The van der Waals surface area contributed by atoms with Gasteiger partial charge < -0.3 is 11.1 Å². The molecule has 3 N–H and O–H groups in total. The smallest absolute Gasteiger partial charge is 0.222 e. The van der Waals surface area contributed by atoms with E-state index in [4.69, 9.17) is 5.73 Å². The van der Waals surface area contributed by atoms with E-state index < -0.39 is 0 Å². The van der Waals surface area contributed by atoms with Crippen LogP contribution >= 0.6 is 0 Å². The zero-order chi connectivity index (χ0) is 12.1. The van der Waals surface area contributed by atoms with E-state index in [-0.39, 0.29) is 0 Å². The van der Waals surface area contributed by atoms with Crippen molar-refractivity contribution in [1.29, 1.82) is 0 Å². The summed E-state index contributed by atoms with van der Waals surface area (Å²) in [6.45, 7) is 0. The van der Waals surface area contributed by atoms with Crippen LogP contribution in [-0.2, 0) is 0 Å². The van der Waals surface area contributed by atoms with E-state index in [1.807, 2.05) is 13.1 Å². The number of nitrogen functional groups attached to an aromatic ring is 1. The van der Waals surface area contributed by atoms with Crippen LogP contribution in [0.2, 0.25) is 0 Å². The number of allylic oxidation sites excluding steroid dienone is 1. The minimum Gasteiger partial charge on any atom is -0.373 e. The van der Waals surface area contributed by atoms with Gasteiger partial charge in [-0.1, -0.05) is 25.3 Å². The van der Waals surface area contributed by atoms with Gasteiger partial charge in [-0.2, -0.15) is 4.98 Å². The maximum atomic E-state index is 5.65. The summed E-state index contributed by atoms with van der Waals surface area (Å²) in [4.78, 5) is 8.27. The Morgan fingerprint density at radius 1 is 1.29 bits per heavy atom. The van der Waals surface area contributed by atoms with E-state index in [9.17, 15) is 0 Å². The van der Waals surface area contributed by atoms with Crippen molar-refractivity contribution in [2.45, 2.75) is 32.1 Å². The van der Waals surface area contributed by atoms with Crippen LogP contribution in [0, 0.1) is 5.92 Å². The van der Waals surface area contributed by atoms with E-state index in [0.29, 0.717) is 11.9 Å². The fourth-order valence-electron chi connectivity index (χ4n) is 2.26. The number of nitrogens with one attached hydrogen (secondary N) is 1. The maximum absolute atomic E-state index is 5.65. The fraction of sp³-hybridized carbons (Fsp3) is 0.538. The summed E-state index contributed by atoms with van der Waals surface area (Å²) >= 11 is 0. The van der Waals surface area contributed by atoms with Crippen LogP contribution in [0.5, 0.6) is 0 Å². The lowest BCUT2D eigenvalue weighted by atomic mass is 9.89. The van der Waals surface area contributed by atoms with Crippen molar-refractivity contribution < 1.29 is 0 Å². The van der Waals surface area contributed by atoms with E-state index >= 15 is 0 Å². The van der Waals surface area contributed by atoms with Gasteiger partial charge in [0, 0.05) is 13.1 Å². The molecule has 1 aliphatic carbocycles. The highest BCUT2D eigenvalue weighted by molar-refractivity contribution is 5.52. The average molecular weight is 232 g/mol. The van der Waals surface area contributed by atoms with Gasteiger partial charge in [0.1, 0.15) is 5.82 Å². The minimum atomic E-state index is 0.320. The summed E-state index contributed by atoms with van der Waals surface area (Å²) in [7, 11) is 1.83. The Kier molecular flexibility index (Phi) is 3.96. The third-order valence-electron chi connectivity index (χ3n) is 3.21. The molecule has 0 radical (unpaired) electrons. The number of nitrogens with two attached hydrogens (primary N) is 1. The molecule has 0 bridgehead atoms. The number of aromatic nitrogens is 2. The third-order valence-corrected chi connectivity index (χ3v) is 3.21. The fourth-order valence-corrected chi connectivity index (χ4v) is 2.26. The van der Waals surface area contributed by atoms with Crippen LogP contribution in [-0.4, -0.2) is 17.0 Å². The summed E-state index contributed by atoms with van der Waals surface area (Å²) in [6.07, 6.45) is 11.0. The van der Waals surface area contributed by atoms with Crippen molar-refractivity contribution in [2.24, 2.45) is 5.92 Å². The van der Waals surface area contributed by atoms with Gasteiger partial charge in [-0.15, -0.1) is 0 Å². The Hall–Kier alpha value is -1.58. The zero-order valence-electron chi connectivity index (χ0n) is 10.3. The summed E-state index contributed by atoms with van der Waals surface area (Å²) in [5.74, 6) is 1.79. The summed E-state index contributed by atoms with van der Waals surface area (Å²) < 4.78 is 0. The van der Waals surface area contributed by atoms with Crippen molar-refractivity contribution >= 4 is 17.8 Å². The first-order valence-electron chi connectivity index (χ1n) is 6.28. The Morgan fingerprint density at radius 2 is 2.06 bits per heavy atom. The number of anilines is 2. The molecular weight excluding hydrogens is 212 g/mol. The Bertz CT molecular complexity index is 394. The van der Waals surface area contributed by atoms with Crippen LogP contribution in [0.15, 0.2) is 12.1 Å². The maximum Gasteiger partial charge on any atom is 0.222 e. The SMILES string of the molecule is CNc1cc(/C=C/C2CCCCC2)nc(N)n1. The summed E-state index contributed by atoms with van der Waals surface area (Å²) in [6, 6.07) is 1.91. The molecule has 17 heavy (non-hydrogen) atoms. The highest BCUT2D eigenvalue weighted by Gasteiger charge is 2.09. The standard InChI is InChI=1S/C13H20N4/c1-15-12-9-11(16-13(14)17-12)8-7-10-5-3-2-4-6-10/h7-10H,2-6H2,1H3,(H3,14,15,16,17)/b8-7+. The summed E-state index contributed by atoms with van der Waals surface area (Å²) in [5, 5.41) is 2.98. The molecule has 2 rings (SSSR count). The van der Waals surface area contributed by atoms with Gasteiger partial charge in [-0.3, -0.25) is 0 Å². The first kappa shape index (κ1) is 11.9. The largest absolute Gasteiger partial charge is 0.373 e. The quantitative estimate of drug-likeness (QED) is 0.841. The van der Waals surface area contributed by atoms with Crippen LogP contribution in [0.25, 0.3) is 6.08 Å². The molecule has 1 aromatic heterocycles. The van der Waals surface area contributed by atoms with Crippen molar-refractivity contribution in [3.05, 3.63) is 17.8 Å². The molecule has 0 aliphatic heterocycles. The van der Waals surface area contributed by atoms with E-state index in [2.05, 4.69) is 27.4 Å². The van der Waals surface area contributed by atoms with Gasteiger partial charge in [0.25, 0.3) is 0 Å². The molecule has 1 saturated carbocycles. The lowest BCUT2D eigenvalue weighted by Crippen LogP contribution is -2.03. The van der Waals surface area contributed by atoms with E-state index in [1.165, 1.54) is 32.1 Å². The van der Waals surface area contributed by atoms with E-state index in [1.54, 1.807) is 0 Å². The zero-order valence-corrected chi connectivity index (χ0v) is 10.3. The lowest BCUT2D eigenvalue weighted by Gasteiger charge is -2.17. The predicted molar refractivity (Wildman–Crippen MR) is 71.6 cm³/mol. The van der Waals surface area contributed by atoms with Crippen LogP contribution in [0.4, 0.5) is 11.8 Å². The number of hydrogen-bond donors (Lipinski definition) is 2. The molecule has 4 heteroatoms. The van der Waals surface area contributed by atoms with Gasteiger partial charge in [0.05, 0.1) is 5.69 Å². The van der Waals surface area contributed by atoms with E-state index in [0.717, 1.165) is 11.5 Å². The second-order valence-corrected chi connectivity index (χ2v) is 4.54. The van der Waals surface area contributed by atoms with Crippen LogP contribution in [0.1, 0.15) is 37.8 Å².